The Balaban J connectivity index is 1.25. The van der Waals surface area contributed by atoms with Gasteiger partial charge in [-0.3, -0.25) is 0 Å². The van der Waals surface area contributed by atoms with Crippen LogP contribution in [0, 0.1) is 0 Å². The molecule has 0 aromatic heterocycles. The van der Waals surface area contributed by atoms with E-state index < -0.39 is 0 Å². The molecule has 0 bridgehead atoms. The Bertz CT molecular complexity index is 1030. The second-order valence-electron chi connectivity index (χ2n) is 6.43. The zero-order chi connectivity index (χ0) is 22.2. The molecular weight excluding hydrogens is 487 g/mol. The Kier molecular flexibility index (Phi) is 7.96. The van der Waals surface area contributed by atoms with Crippen LogP contribution in [0.4, 0.5) is 0 Å². The van der Waals surface area contributed by atoms with Crippen LogP contribution in [0.1, 0.15) is 0 Å². The van der Waals surface area contributed by atoms with Gasteiger partial charge < -0.3 is 16.7 Å². The van der Waals surface area contributed by atoms with Crippen molar-refractivity contribution in [3.63, 3.8) is 0 Å². The van der Waals surface area contributed by atoms with E-state index >= 15 is 0 Å². The van der Waals surface area contributed by atoms with E-state index in [0.29, 0.717) is 33.0 Å². The zero-order valence-electron chi connectivity index (χ0n) is 16.4. The Morgan fingerprint density at radius 1 is 0.375 bits per heavy atom. The lowest BCUT2D eigenvalue weighted by molar-refractivity contribution is 0.539. The molecule has 0 unspecified atom stereocenters. The summed E-state index contributed by atoms with van der Waals surface area (Å²) in [4.78, 5) is 0. The Labute approximate surface area is 205 Å². The van der Waals surface area contributed by atoms with Gasteiger partial charge in [-0.2, -0.15) is 0 Å². The predicted molar refractivity (Wildman–Crippen MR) is 132 cm³/mol. The summed E-state index contributed by atoms with van der Waals surface area (Å²) < 4.78 is 22.0. The second kappa shape index (κ2) is 11.3. The molecule has 4 nitrogen and oxygen atoms in total. The first-order valence-electron chi connectivity index (χ1n) is 9.40. The van der Waals surface area contributed by atoms with Crippen molar-refractivity contribution < 1.29 is 16.7 Å². The molecule has 0 amide bonds. The van der Waals surface area contributed by atoms with Crippen LogP contribution in [-0.2, 0) is 0 Å². The maximum absolute atomic E-state index is 5.85. The third-order valence-corrected chi connectivity index (χ3v) is 5.74. The van der Waals surface area contributed by atoms with Gasteiger partial charge in [0, 0.05) is 10.0 Å². The third-order valence-electron chi connectivity index (χ3n) is 4.19. The molecule has 4 aromatic rings. The number of benzene rings is 4. The average molecular weight is 503 g/mol. The van der Waals surface area contributed by atoms with E-state index in [1.54, 1.807) is 48.5 Å². The molecule has 32 heavy (non-hydrogen) atoms. The minimum atomic E-state index is 0.656. The van der Waals surface area contributed by atoms with Crippen LogP contribution >= 0.6 is 47.8 Å². The fraction of sp³-hybridized carbons (Fsp3) is 0. The van der Waals surface area contributed by atoms with Crippen molar-refractivity contribution in [3.8, 4) is 34.1 Å². The predicted octanol–water partition coefficient (Wildman–Crippen LogP) is 8.70. The van der Waals surface area contributed by atoms with Gasteiger partial charge in [0.25, 0.3) is 24.6 Å². The van der Waals surface area contributed by atoms with Crippen molar-refractivity contribution in [2.75, 3.05) is 0 Å². The molecule has 0 radical (unpaired) electrons. The summed E-state index contributed by atoms with van der Waals surface area (Å²) in [5.74, 6) is 2.69. The summed E-state index contributed by atoms with van der Waals surface area (Å²) in [6.45, 7) is 0. The largest absolute Gasteiger partial charge is 0.391 e. The molecule has 0 N–H and O–H groups in total. The molecule has 0 saturated heterocycles. The standard InChI is InChI=1S/C24H16Cl2O4S2/c25-19-5-13-23(14-6-19)29-31-27-21-9-1-17(2-10-21)18-3-11-22(12-4-18)28-32-30-24-15-7-20(26)8-16-24/h1-16H. The molecule has 0 aliphatic carbocycles. The lowest BCUT2D eigenvalue weighted by atomic mass is 10.1. The van der Waals surface area contributed by atoms with Crippen molar-refractivity contribution in [2.45, 2.75) is 0 Å². The summed E-state index contributed by atoms with van der Waals surface area (Å²) in [5.41, 5.74) is 2.11. The van der Waals surface area contributed by atoms with E-state index in [4.69, 9.17) is 39.9 Å². The summed E-state index contributed by atoms with van der Waals surface area (Å²) in [6, 6.07) is 29.6. The first kappa shape index (κ1) is 22.6. The first-order chi connectivity index (χ1) is 15.7. The Morgan fingerprint density at radius 2 is 0.625 bits per heavy atom. The van der Waals surface area contributed by atoms with Crippen molar-refractivity contribution in [2.24, 2.45) is 0 Å². The number of halogens is 2. The molecule has 4 aromatic carbocycles. The molecule has 0 aliphatic heterocycles. The van der Waals surface area contributed by atoms with Crippen LogP contribution in [0.2, 0.25) is 10.0 Å². The summed E-state index contributed by atoms with van der Waals surface area (Å²) in [5, 5.41) is 1.31. The van der Waals surface area contributed by atoms with Crippen molar-refractivity contribution >= 4 is 47.8 Å². The zero-order valence-corrected chi connectivity index (χ0v) is 19.6. The van der Waals surface area contributed by atoms with Gasteiger partial charge in [0.2, 0.25) is 0 Å². The minimum Gasteiger partial charge on any atom is -0.391 e. The lowest BCUT2D eigenvalue weighted by Gasteiger charge is -2.07. The summed E-state index contributed by atoms with van der Waals surface area (Å²) in [6.07, 6.45) is 0. The highest BCUT2D eigenvalue weighted by Crippen LogP contribution is 2.28. The van der Waals surface area contributed by atoms with E-state index in [2.05, 4.69) is 0 Å². The van der Waals surface area contributed by atoms with Crippen LogP contribution in [-0.4, -0.2) is 0 Å². The molecule has 0 fully saturated rings. The van der Waals surface area contributed by atoms with Gasteiger partial charge in [-0.15, -0.1) is 0 Å². The van der Waals surface area contributed by atoms with Crippen molar-refractivity contribution in [1.82, 2.24) is 0 Å². The molecule has 0 aliphatic rings. The maximum Gasteiger partial charge on any atom is 0.293 e. The quantitative estimate of drug-likeness (QED) is 0.213. The third kappa shape index (κ3) is 6.68. The highest BCUT2D eigenvalue weighted by Gasteiger charge is 2.03. The molecule has 0 saturated carbocycles. The van der Waals surface area contributed by atoms with Gasteiger partial charge >= 0.3 is 0 Å². The van der Waals surface area contributed by atoms with Crippen molar-refractivity contribution in [1.29, 1.82) is 0 Å². The van der Waals surface area contributed by atoms with E-state index in [9.17, 15) is 0 Å². The van der Waals surface area contributed by atoms with Gasteiger partial charge in [-0.25, -0.2) is 0 Å². The van der Waals surface area contributed by atoms with Crippen LogP contribution in [0.3, 0.4) is 0 Å². The topological polar surface area (TPSA) is 36.9 Å². The average Bonchev–Trinajstić information content (AvgIpc) is 2.83. The van der Waals surface area contributed by atoms with E-state index in [0.717, 1.165) is 35.8 Å². The van der Waals surface area contributed by atoms with Crippen LogP contribution in [0.15, 0.2) is 97.1 Å². The molecule has 4 rings (SSSR count). The van der Waals surface area contributed by atoms with Crippen LogP contribution in [0.25, 0.3) is 11.1 Å². The molecule has 0 spiro atoms. The van der Waals surface area contributed by atoms with Gasteiger partial charge in [0.05, 0.1) is 0 Å². The lowest BCUT2D eigenvalue weighted by Crippen LogP contribution is -1.89. The summed E-state index contributed by atoms with van der Waals surface area (Å²) in [7, 11) is 0. The van der Waals surface area contributed by atoms with Crippen LogP contribution in [0.5, 0.6) is 23.0 Å². The molecule has 0 atom stereocenters. The fourth-order valence-electron chi connectivity index (χ4n) is 2.58. The molecule has 8 heteroatoms. The first-order valence-corrected chi connectivity index (χ1v) is 11.5. The Hall–Kier alpha value is -2.64. The number of hydrogen-bond acceptors (Lipinski definition) is 6. The second-order valence-corrected chi connectivity index (χ2v) is 8.24. The molecule has 162 valence electrons. The van der Waals surface area contributed by atoms with E-state index in [1.807, 2.05) is 48.5 Å². The van der Waals surface area contributed by atoms with Gasteiger partial charge in [0.15, 0.2) is 0 Å². The maximum atomic E-state index is 5.85. The normalized spacial score (nSPS) is 10.4. The van der Waals surface area contributed by atoms with Gasteiger partial charge in [0.1, 0.15) is 23.0 Å². The molecule has 0 heterocycles. The molecular formula is C24H16Cl2O4S2. The van der Waals surface area contributed by atoms with Gasteiger partial charge in [-0.1, -0.05) is 47.5 Å². The summed E-state index contributed by atoms with van der Waals surface area (Å²) >= 11 is 13.5. The fourth-order valence-corrected chi connectivity index (χ4v) is 3.66. The van der Waals surface area contributed by atoms with E-state index in [1.165, 1.54) is 0 Å². The number of hydrogen-bond donors (Lipinski definition) is 0. The van der Waals surface area contributed by atoms with Gasteiger partial charge in [-0.05, 0) is 83.9 Å². The van der Waals surface area contributed by atoms with Crippen molar-refractivity contribution in [3.05, 3.63) is 107 Å². The highest BCUT2D eigenvalue weighted by molar-refractivity contribution is 7.90. The van der Waals surface area contributed by atoms with E-state index in [-0.39, 0.29) is 0 Å². The smallest absolute Gasteiger partial charge is 0.293 e. The van der Waals surface area contributed by atoms with Crippen LogP contribution < -0.4 is 16.7 Å². The highest BCUT2D eigenvalue weighted by atomic mass is 35.5. The number of rotatable bonds is 9. The monoisotopic (exact) mass is 502 g/mol. The SMILES string of the molecule is Clc1ccc(OSOc2ccc(-c3ccc(OSOc4ccc(Cl)cc4)cc3)cc2)cc1. The Morgan fingerprint density at radius 3 is 0.906 bits per heavy atom. The minimum absolute atomic E-state index is 0.656.